The van der Waals surface area contributed by atoms with Crippen molar-refractivity contribution in [2.24, 2.45) is 5.92 Å². The fourth-order valence-electron chi connectivity index (χ4n) is 4.04. The van der Waals surface area contributed by atoms with E-state index in [4.69, 9.17) is 0 Å². The first-order chi connectivity index (χ1) is 10.2. The lowest BCUT2D eigenvalue weighted by atomic mass is 9.94. The van der Waals surface area contributed by atoms with Crippen LogP contribution < -0.4 is 5.32 Å². The van der Waals surface area contributed by atoms with Gasteiger partial charge in [-0.2, -0.15) is 0 Å². The van der Waals surface area contributed by atoms with Crippen molar-refractivity contribution < 1.29 is 0 Å². The standard InChI is InChI=1S/C18H37N3/c1-4-10-20-11-6-8-18(9-13-20)21-12-5-7-17(15-21)14-19-16(2)3/h16-19H,4-15H2,1-3H3. The molecule has 2 heterocycles. The Morgan fingerprint density at radius 1 is 1.05 bits per heavy atom. The molecule has 2 aliphatic rings. The maximum atomic E-state index is 3.64. The van der Waals surface area contributed by atoms with Crippen molar-refractivity contribution in [1.82, 2.24) is 15.1 Å². The Morgan fingerprint density at radius 2 is 1.86 bits per heavy atom. The number of likely N-dealkylation sites (tertiary alicyclic amines) is 2. The minimum atomic E-state index is 0.626. The highest BCUT2D eigenvalue weighted by atomic mass is 15.2. The Balaban J connectivity index is 1.77. The average molecular weight is 296 g/mol. The molecule has 2 atom stereocenters. The fourth-order valence-corrected chi connectivity index (χ4v) is 4.04. The van der Waals surface area contributed by atoms with Crippen molar-refractivity contribution in [3.8, 4) is 0 Å². The normalized spacial score (nSPS) is 29.7. The molecule has 21 heavy (non-hydrogen) atoms. The number of nitrogens with one attached hydrogen (secondary N) is 1. The predicted molar refractivity (Wildman–Crippen MR) is 91.8 cm³/mol. The first kappa shape index (κ1) is 17.2. The van der Waals surface area contributed by atoms with E-state index in [0.717, 1.165) is 12.0 Å². The number of piperidine rings is 1. The number of hydrogen-bond donors (Lipinski definition) is 1. The summed E-state index contributed by atoms with van der Waals surface area (Å²) in [7, 11) is 0. The Labute approximate surface area is 132 Å². The molecule has 3 heteroatoms. The molecule has 0 spiro atoms. The summed E-state index contributed by atoms with van der Waals surface area (Å²) in [6.07, 6.45) is 8.34. The molecule has 2 saturated heterocycles. The van der Waals surface area contributed by atoms with E-state index in [-0.39, 0.29) is 0 Å². The van der Waals surface area contributed by atoms with Gasteiger partial charge in [0.15, 0.2) is 0 Å². The highest BCUT2D eigenvalue weighted by Gasteiger charge is 2.27. The molecule has 2 rings (SSSR count). The molecule has 0 radical (unpaired) electrons. The lowest BCUT2D eigenvalue weighted by Gasteiger charge is -2.38. The maximum Gasteiger partial charge on any atom is 0.0108 e. The zero-order valence-electron chi connectivity index (χ0n) is 14.6. The van der Waals surface area contributed by atoms with Gasteiger partial charge in [0.1, 0.15) is 0 Å². The van der Waals surface area contributed by atoms with Crippen LogP contribution in [0.5, 0.6) is 0 Å². The SMILES string of the molecule is CCCN1CCCC(N2CCCC(CNC(C)C)C2)CC1. The zero-order valence-corrected chi connectivity index (χ0v) is 14.6. The van der Waals surface area contributed by atoms with Crippen molar-refractivity contribution in [1.29, 1.82) is 0 Å². The van der Waals surface area contributed by atoms with Crippen LogP contribution in [0.4, 0.5) is 0 Å². The smallest absolute Gasteiger partial charge is 0.0108 e. The third kappa shape index (κ3) is 5.88. The lowest BCUT2D eigenvalue weighted by Crippen LogP contribution is -2.46. The van der Waals surface area contributed by atoms with Gasteiger partial charge in [0.25, 0.3) is 0 Å². The molecule has 2 fully saturated rings. The Bertz CT molecular complexity index is 280. The topological polar surface area (TPSA) is 18.5 Å². The van der Waals surface area contributed by atoms with E-state index in [0.29, 0.717) is 6.04 Å². The number of hydrogen-bond acceptors (Lipinski definition) is 3. The molecule has 0 aromatic heterocycles. The van der Waals surface area contributed by atoms with E-state index in [2.05, 4.69) is 35.9 Å². The van der Waals surface area contributed by atoms with Gasteiger partial charge in [-0.15, -0.1) is 0 Å². The molecule has 3 nitrogen and oxygen atoms in total. The van der Waals surface area contributed by atoms with Crippen molar-refractivity contribution >= 4 is 0 Å². The number of nitrogens with zero attached hydrogens (tertiary/aromatic N) is 2. The highest BCUT2D eigenvalue weighted by Crippen LogP contribution is 2.23. The van der Waals surface area contributed by atoms with Crippen LogP contribution >= 0.6 is 0 Å². The van der Waals surface area contributed by atoms with E-state index in [9.17, 15) is 0 Å². The van der Waals surface area contributed by atoms with Crippen LogP contribution in [0.25, 0.3) is 0 Å². The summed E-state index contributed by atoms with van der Waals surface area (Å²) in [6, 6.07) is 1.48. The van der Waals surface area contributed by atoms with Gasteiger partial charge in [0.05, 0.1) is 0 Å². The molecule has 2 unspecified atom stereocenters. The molecule has 0 amide bonds. The molecular formula is C18H37N3. The summed E-state index contributed by atoms with van der Waals surface area (Å²) < 4.78 is 0. The summed E-state index contributed by atoms with van der Waals surface area (Å²) in [6.45, 7) is 14.7. The van der Waals surface area contributed by atoms with E-state index >= 15 is 0 Å². The van der Waals surface area contributed by atoms with E-state index in [1.165, 1.54) is 77.8 Å². The quantitative estimate of drug-likeness (QED) is 0.813. The van der Waals surface area contributed by atoms with Crippen LogP contribution in [-0.2, 0) is 0 Å². The van der Waals surface area contributed by atoms with Crippen LogP contribution in [0.1, 0.15) is 59.3 Å². The molecule has 0 bridgehead atoms. The largest absolute Gasteiger partial charge is 0.314 e. The molecular weight excluding hydrogens is 258 g/mol. The third-order valence-corrected chi connectivity index (χ3v) is 5.21. The van der Waals surface area contributed by atoms with Gasteiger partial charge in [-0.1, -0.05) is 20.8 Å². The fraction of sp³-hybridized carbons (Fsp3) is 1.00. The van der Waals surface area contributed by atoms with Gasteiger partial charge in [0.2, 0.25) is 0 Å². The molecule has 124 valence electrons. The Kier molecular flexibility index (Phi) is 7.48. The third-order valence-electron chi connectivity index (χ3n) is 5.21. The second-order valence-corrected chi connectivity index (χ2v) is 7.49. The van der Waals surface area contributed by atoms with Crippen LogP contribution in [-0.4, -0.2) is 61.2 Å². The summed E-state index contributed by atoms with van der Waals surface area (Å²) in [5.41, 5.74) is 0. The van der Waals surface area contributed by atoms with Crippen LogP contribution in [0.2, 0.25) is 0 Å². The van der Waals surface area contributed by atoms with Crippen LogP contribution in [0.3, 0.4) is 0 Å². The predicted octanol–water partition coefficient (Wildman–Crippen LogP) is 2.96. The summed E-state index contributed by atoms with van der Waals surface area (Å²) in [5, 5.41) is 3.64. The lowest BCUT2D eigenvalue weighted by molar-refractivity contribution is 0.110. The van der Waals surface area contributed by atoms with Gasteiger partial charge in [-0.05, 0) is 77.2 Å². The first-order valence-corrected chi connectivity index (χ1v) is 9.38. The molecule has 0 saturated carbocycles. The van der Waals surface area contributed by atoms with Crippen molar-refractivity contribution in [3.05, 3.63) is 0 Å². The Hall–Kier alpha value is -0.120. The van der Waals surface area contributed by atoms with Gasteiger partial charge in [0, 0.05) is 18.6 Å². The van der Waals surface area contributed by atoms with E-state index < -0.39 is 0 Å². The van der Waals surface area contributed by atoms with Crippen LogP contribution in [0, 0.1) is 5.92 Å². The molecule has 0 aromatic rings. The van der Waals surface area contributed by atoms with Crippen molar-refractivity contribution in [3.63, 3.8) is 0 Å². The zero-order chi connectivity index (χ0) is 15.1. The average Bonchev–Trinajstić information content (AvgIpc) is 2.72. The maximum absolute atomic E-state index is 3.64. The summed E-state index contributed by atoms with van der Waals surface area (Å²) in [5.74, 6) is 0.871. The molecule has 0 aliphatic carbocycles. The van der Waals surface area contributed by atoms with E-state index in [1.807, 2.05) is 0 Å². The van der Waals surface area contributed by atoms with Gasteiger partial charge >= 0.3 is 0 Å². The second-order valence-electron chi connectivity index (χ2n) is 7.49. The number of rotatable bonds is 6. The first-order valence-electron chi connectivity index (χ1n) is 9.38. The van der Waals surface area contributed by atoms with Gasteiger partial charge < -0.3 is 15.1 Å². The minimum absolute atomic E-state index is 0.626. The van der Waals surface area contributed by atoms with Gasteiger partial charge in [-0.3, -0.25) is 0 Å². The van der Waals surface area contributed by atoms with E-state index in [1.54, 1.807) is 0 Å². The highest BCUT2D eigenvalue weighted by molar-refractivity contribution is 4.83. The molecule has 0 aromatic carbocycles. The monoisotopic (exact) mass is 295 g/mol. The molecule has 1 N–H and O–H groups in total. The Morgan fingerprint density at radius 3 is 2.62 bits per heavy atom. The van der Waals surface area contributed by atoms with Crippen LogP contribution in [0.15, 0.2) is 0 Å². The summed E-state index contributed by atoms with van der Waals surface area (Å²) >= 11 is 0. The minimum Gasteiger partial charge on any atom is -0.314 e. The second kappa shape index (κ2) is 9.12. The molecule has 2 aliphatic heterocycles. The van der Waals surface area contributed by atoms with Gasteiger partial charge in [-0.25, -0.2) is 0 Å². The van der Waals surface area contributed by atoms with Crippen molar-refractivity contribution in [2.45, 2.75) is 71.4 Å². The summed E-state index contributed by atoms with van der Waals surface area (Å²) in [4.78, 5) is 5.51. The van der Waals surface area contributed by atoms with Crippen molar-refractivity contribution in [2.75, 3.05) is 39.3 Å².